The van der Waals surface area contributed by atoms with Gasteiger partial charge >= 0.3 is 0 Å². The van der Waals surface area contributed by atoms with Crippen molar-refractivity contribution < 1.29 is 8.78 Å². The predicted molar refractivity (Wildman–Crippen MR) is 73.6 cm³/mol. The highest BCUT2D eigenvalue weighted by atomic mass is 32.1. The van der Waals surface area contributed by atoms with Crippen LogP contribution in [0, 0.1) is 11.6 Å². The highest BCUT2D eigenvalue weighted by Crippen LogP contribution is 2.36. The first-order valence-corrected chi connectivity index (χ1v) is 7.25. The summed E-state index contributed by atoms with van der Waals surface area (Å²) in [6, 6.07) is 6.22. The quantitative estimate of drug-likeness (QED) is 0.900. The van der Waals surface area contributed by atoms with Crippen LogP contribution >= 0.6 is 11.3 Å². The number of fused-ring (bicyclic) bond motifs is 1. The fourth-order valence-corrected chi connectivity index (χ4v) is 4.08. The number of rotatable bonds is 3. The first kappa shape index (κ1) is 12.8. The molecule has 1 atom stereocenters. The van der Waals surface area contributed by atoms with Crippen LogP contribution in [0.1, 0.15) is 33.3 Å². The van der Waals surface area contributed by atoms with Crippen LogP contribution in [0.5, 0.6) is 0 Å². The van der Waals surface area contributed by atoms with Gasteiger partial charge in [-0.2, -0.15) is 0 Å². The molecule has 0 fully saturated rings. The van der Waals surface area contributed by atoms with Crippen LogP contribution < -0.4 is 5.32 Å². The summed E-state index contributed by atoms with van der Waals surface area (Å²) in [6.45, 7) is 0. The summed E-state index contributed by atoms with van der Waals surface area (Å²) in [4.78, 5) is 2.46. The van der Waals surface area contributed by atoms with Gasteiger partial charge in [0, 0.05) is 15.3 Å². The van der Waals surface area contributed by atoms with Crippen molar-refractivity contribution in [3.8, 4) is 0 Å². The molecule has 0 amide bonds. The minimum Gasteiger partial charge on any atom is -0.309 e. The van der Waals surface area contributed by atoms with Crippen molar-refractivity contribution in [3.05, 3.63) is 56.8 Å². The molecule has 0 radical (unpaired) electrons. The molecule has 1 aliphatic carbocycles. The molecule has 0 bridgehead atoms. The van der Waals surface area contributed by atoms with Gasteiger partial charge in [0.2, 0.25) is 0 Å². The first-order valence-electron chi connectivity index (χ1n) is 6.43. The maximum atomic E-state index is 13.9. The molecule has 0 saturated carbocycles. The Morgan fingerprint density at radius 3 is 2.84 bits per heavy atom. The number of hydrogen-bond donors (Lipinski definition) is 1. The lowest BCUT2D eigenvalue weighted by atomic mass is 10.0. The van der Waals surface area contributed by atoms with Crippen molar-refractivity contribution >= 4 is 11.3 Å². The molecule has 100 valence electrons. The highest BCUT2D eigenvalue weighted by molar-refractivity contribution is 7.12. The number of benzene rings is 1. The summed E-state index contributed by atoms with van der Waals surface area (Å²) in [5.41, 5.74) is 1.75. The Kier molecular flexibility index (Phi) is 3.37. The number of aryl methyl sites for hydroxylation is 2. The second-order valence-corrected chi connectivity index (χ2v) is 5.98. The van der Waals surface area contributed by atoms with Gasteiger partial charge in [0.15, 0.2) is 11.6 Å². The SMILES string of the molecule is CNC(c1cc2c(s1)CCC2)c1cccc(F)c1F. The van der Waals surface area contributed by atoms with E-state index in [0.29, 0.717) is 5.56 Å². The normalized spacial score (nSPS) is 15.5. The maximum Gasteiger partial charge on any atom is 0.163 e. The molecule has 1 nitrogen and oxygen atoms in total. The van der Waals surface area contributed by atoms with E-state index in [0.717, 1.165) is 23.8 Å². The minimum absolute atomic E-state index is 0.272. The lowest BCUT2D eigenvalue weighted by Gasteiger charge is -2.16. The van der Waals surface area contributed by atoms with Gasteiger partial charge in [-0.25, -0.2) is 8.78 Å². The molecule has 1 N–H and O–H groups in total. The maximum absolute atomic E-state index is 13.9. The van der Waals surface area contributed by atoms with Gasteiger partial charge in [0.1, 0.15) is 0 Å². The van der Waals surface area contributed by atoms with Crippen molar-refractivity contribution in [2.75, 3.05) is 7.05 Å². The predicted octanol–water partition coefficient (Wildman–Crippen LogP) is 3.82. The second kappa shape index (κ2) is 5.02. The highest BCUT2D eigenvalue weighted by Gasteiger charge is 2.23. The number of thiophene rings is 1. The minimum atomic E-state index is -0.790. The molecule has 1 unspecified atom stereocenters. The van der Waals surface area contributed by atoms with Gasteiger partial charge in [-0.15, -0.1) is 11.3 Å². The molecule has 1 aliphatic rings. The van der Waals surface area contributed by atoms with E-state index in [4.69, 9.17) is 0 Å². The van der Waals surface area contributed by atoms with Gasteiger partial charge in [-0.05, 0) is 44.0 Å². The largest absolute Gasteiger partial charge is 0.309 e. The lowest BCUT2D eigenvalue weighted by molar-refractivity contribution is 0.488. The molecular weight excluding hydrogens is 264 g/mol. The Morgan fingerprint density at radius 1 is 1.26 bits per heavy atom. The van der Waals surface area contributed by atoms with Crippen LogP contribution in [-0.2, 0) is 12.8 Å². The monoisotopic (exact) mass is 279 g/mol. The van der Waals surface area contributed by atoms with Crippen LogP contribution in [-0.4, -0.2) is 7.05 Å². The first-order chi connectivity index (χ1) is 9.20. The second-order valence-electron chi connectivity index (χ2n) is 4.82. The fourth-order valence-electron chi connectivity index (χ4n) is 2.69. The molecule has 1 heterocycles. The fraction of sp³-hybridized carbons (Fsp3) is 0.333. The van der Waals surface area contributed by atoms with Crippen LogP contribution in [0.3, 0.4) is 0 Å². The van der Waals surface area contributed by atoms with Gasteiger partial charge < -0.3 is 5.32 Å². The van der Waals surface area contributed by atoms with E-state index in [1.54, 1.807) is 30.5 Å². The van der Waals surface area contributed by atoms with Crippen LogP contribution in [0.15, 0.2) is 24.3 Å². The van der Waals surface area contributed by atoms with E-state index in [1.165, 1.54) is 16.9 Å². The summed E-state index contributed by atoms with van der Waals surface area (Å²) in [7, 11) is 1.78. The Bertz CT molecular complexity index is 585. The standard InChI is InChI=1S/C15H15F2NS/c1-18-15(10-5-3-6-11(16)14(10)17)13-8-9-4-2-7-12(9)19-13/h3,5-6,8,15,18H,2,4,7H2,1H3. The van der Waals surface area contributed by atoms with E-state index in [9.17, 15) is 8.78 Å². The zero-order valence-corrected chi connectivity index (χ0v) is 11.5. The number of hydrogen-bond acceptors (Lipinski definition) is 2. The zero-order chi connectivity index (χ0) is 13.4. The summed E-state index contributed by atoms with van der Waals surface area (Å²) < 4.78 is 27.3. The van der Waals surface area contributed by atoms with Crippen molar-refractivity contribution in [2.45, 2.75) is 25.3 Å². The van der Waals surface area contributed by atoms with E-state index in [1.807, 2.05) is 0 Å². The van der Waals surface area contributed by atoms with Gasteiger partial charge in [0.25, 0.3) is 0 Å². The van der Waals surface area contributed by atoms with E-state index in [-0.39, 0.29) is 6.04 Å². The molecule has 2 aromatic rings. The average Bonchev–Trinajstić information content (AvgIpc) is 2.96. The number of halogens is 2. The summed E-state index contributed by atoms with van der Waals surface area (Å²) in [6.07, 6.45) is 3.43. The molecule has 1 aromatic carbocycles. The van der Waals surface area contributed by atoms with Crippen molar-refractivity contribution in [1.82, 2.24) is 5.32 Å². The van der Waals surface area contributed by atoms with Crippen molar-refractivity contribution in [2.24, 2.45) is 0 Å². The molecule has 0 aliphatic heterocycles. The van der Waals surface area contributed by atoms with Crippen molar-refractivity contribution in [3.63, 3.8) is 0 Å². The topological polar surface area (TPSA) is 12.0 Å². The third kappa shape index (κ3) is 2.19. The molecule has 19 heavy (non-hydrogen) atoms. The zero-order valence-electron chi connectivity index (χ0n) is 10.7. The summed E-state index contributed by atoms with van der Waals surface area (Å²) >= 11 is 1.71. The molecule has 3 rings (SSSR count). The Morgan fingerprint density at radius 2 is 2.11 bits per heavy atom. The molecular formula is C15H15F2NS. The van der Waals surface area contributed by atoms with Crippen LogP contribution in [0.4, 0.5) is 8.78 Å². The van der Waals surface area contributed by atoms with Crippen molar-refractivity contribution in [1.29, 1.82) is 0 Å². The Balaban J connectivity index is 2.02. The third-order valence-corrected chi connectivity index (χ3v) is 4.93. The Hall–Kier alpha value is -1.26. The lowest BCUT2D eigenvalue weighted by Crippen LogP contribution is -2.18. The number of nitrogens with one attached hydrogen (secondary N) is 1. The molecule has 0 spiro atoms. The van der Waals surface area contributed by atoms with Gasteiger partial charge in [-0.3, -0.25) is 0 Å². The summed E-state index contributed by atoms with van der Waals surface area (Å²) in [5, 5.41) is 3.10. The van der Waals surface area contributed by atoms with Gasteiger partial charge in [0.05, 0.1) is 6.04 Å². The van der Waals surface area contributed by atoms with Crippen LogP contribution in [0.25, 0.3) is 0 Å². The molecule has 0 saturated heterocycles. The van der Waals surface area contributed by atoms with Crippen LogP contribution in [0.2, 0.25) is 0 Å². The Labute approximate surface area is 115 Å². The summed E-state index contributed by atoms with van der Waals surface area (Å²) in [5.74, 6) is -1.54. The smallest absolute Gasteiger partial charge is 0.163 e. The van der Waals surface area contributed by atoms with E-state index in [2.05, 4.69) is 11.4 Å². The van der Waals surface area contributed by atoms with E-state index >= 15 is 0 Å². The van der Waals surface area contributed by atoms with Gasteiger partial charge in [-0.1, -0.05) is 12.1 Å². The molecule has 4 heteroatoms. The third-order valence-electron chi connectivity index (χ3n) is 3.63. The van der Waals surface area contributed by atoms with E-state index < -0.39 is 11.6 Å². The average molecular weight is 279 g/mol. The molecule has 1 aromatic heterocycles.